The Balaban J connectivity index is 2.20. The first kappa shape index (κ1) is 13.8. The molecule has 0 N–H and O–H groups in total. The van der Waals surface area contributed by atoms with Crippen LogP contribution in [0.1, 0.15) is 18.1 Å². The number of rotatable bonds is 5. The van der Waals surface area contributed by atoms with Crippen molar-refractivity contribution in [3.8, 4) is 5.75 Å². The van der Waals surface area contributed by atoms with Crippen LogP contribution in [0, 0.1) is 6.57 Å². The lowest BCUT2D eigenvalue weighted by Crippen LogP contribution is -2.08. The van der Waals surface area contributed by atoms with E-state index in [-0.39, 0.29) is 12.4 Å². The average Bonchev–Trinajstić information content (AvgIpc) is 2.46. The minimum atomic E-state index is -0.00481. The van der Waals surface area contributed by atoms with E-state index in [0.717, 1.165) is 16.9 Å². The Labute approximate surface area is 118 Å². The predicted molar refractivity (Wildman–Crippen MR) is 78.1 cm³/mol. The summed E-state index contributed by atoms with van der Waals surface area (Å²) in [4.78, 5) is 14.4. The summed E-state index contributed by atoms with van der Waals surface area (Å²) < 4.78 is 5.52. The summed E-state index contributed by atoms with van der Waals surface area (Å²) in [7, 11) is 0. The van der Waals surface area contributed by atoms with Crippen LogP contribution in [0.5, 0.6) is 5.75 Å². The van der Waals surface area contributed by atoms with Crippen LogP contribution < -0.4 is 4.74 Å². The van der Waals surface area contributed by atoms with Crippen molar-refractivity contribution in [2.24, 2.45) is 0 Å². The van der Waals surface area contributed by atoms with Crippen LogP contribution in [0.15, 0.2) is 48.5 Å². The number of para-hydroxylation sites is 1. The fourth-order valence-electron chi connectivity index (χ4n) is 1.93. The maximum absolute atomic E-state index is 11.0. The van der Waals surface area contributed by atoms with Gasteiger partial charge in [0.2, 0.25) is 0 Å². The van der Waals surface area contributed by atoms with Crippen LogP contribution in [0.2, 0.25) is 0 Å². The molecule has 0 saturated heterocycles. The van der Waals surface area contributed by atoms with Crippen LogP contribution in [-0.2, 0) is 11.2 Å². The van der Waals surface area contributed by atoms with Gasteiger partial charge in [0.15, 0.2) is 11.5 Å². The van der Waals surface area contributed by atoms with E-state index in [1.54, 1.807) is 6.07 Å². The number of Topliss-reactive ketones (excluding diaryl/α,β-unsaturated/α-hetero) is 1. The second-order valence-electron chi connectivity index (χ2n) is 4.56. The summed E-state index contributed by atoms with van der Waals surface area (Å²) in [5, 5.41) is 0. The average molecular weight is 265 g/mol. The number of carbonyl (C=O) groups is 1. The molecule has 0 heterocycles. The summed E-state index contributed by atoms with van der Waals surface area (Å²) in [6, 6.07) is 15.2. The normalized spacial score (nSPS) is 9.80. The van der Waals surface area contributed by atoms with Crippen LogP contribution in [0.3, 0.4) is 0 Å². The fraction of sp³-hybridized carbons (Fsp3) is 0.176. The summed E-state index contributed by atoms with van der Waals surface area (Å²) >= 11 is 0. The van der Waals surface area contributed by atoms with Gasteiger partial charge in [-0.2, -0.15) is 0 Å². The highest BCUT2D eigenvalue weighted by Crippen LogP contribution is 2.23. The predicted octanol–water partition coefficient (Wildman–Crippen LogP) is 3.80. The third-order valence-corrected chi connectivity index (χ3v) is 2.84. The van der Waals surface area contributed by atoms with E-state index in [1.807, 2.05) is 42.5 Å². The molecule has 0 aliphatic heterocycles. The van der Waals surface area contributed by atoms with E-state index >= 15 is 0 Å². The lowest BCUT2D eigenvalue weighted by molar-refractivity contribution is -0.118. The van der Waals surface area contributed by atoms with Gasteiger partial charge in [0.1, 0.15) is 12.4 Å². The smallest absolute Gasteiger partial charge is 0.187 e. The maximum Gasteiger partial charge on any atom is 0.187 e. The van der Waals surface area contributed by atoms with Gasteiger partial charge in [-0.3, -0.25) is 4.79 Å². The highest BCUT2D eigenvalue weighted by Gasteiger charge is 2.05. The van der Waals surface area contributed by atoms with Crippen molar-refractivity contribution in [1.29, 1.82) is 0 Å². The van der Waals surface area contributed by atoms with Gasteiger partial charge in [-0.05, 0) is 25.0 Å². The zero-order valence-electron chi connectivity index (χ0n) is 11.3. The summed E-state index contributed by atoms with van der Waals surface area (Å²) in [5.41, 5.74) is 2.69. The molecule has 0 saturated carbocycles. The molecule has 0 bridgehead atoms. The Bertz CT molecular complexity index is 656. The molecule has 0 aliphatic rings. The first-order chi connectivity index (χ1) is 9.69. The fourth-order valence-corrected chi connectivity index (χ4v) is 1.93. The Morgan fingerprint density at radius 3 is 2.75 bits per heavy atom. The van der Waals surface area contributed by atoms with Crippen LogP contribution >= 0.6 is 0 Å². The minimum Gasteiger partial charge on any atom is -0.486 e. The molecule has 0 aliphatic carbocycles. The molecule has 3 heteroatoms. The van der Waals surface area contributed by atoms with Gasteiger partial charge >= 0.3 is 0 Å². The molecule has 0 spiro atoms. The van der Waals surface area contributed by atoms with E-state index in [1.165, 1.54) is 6.92 Å². The zero-order chi connectivity index (χ0) is 14.4. The van der Waals surface area contributed by atoms with Gasteiger partial charge < -0.3 is 4.74 Å². The van der Waals surface area contributed by atoms with Crippen LogP contribution in [0.25, 0.3) is 4.85 Å². The first-order valence-corrected chi connectivity index (χ1v) is 6.35. The summed E-state index contributed by atoms with van der Waals surface area (Å²) in [6.07, 6.45) is 0.678. The molecule has 100 valence electrons. The van der Waals surface area contributed by atoms with Crippen molar-refractivity contribution in [2.75, 3.05) is 6.61 Å². The highest BCUT2D eigenvalue weighted by atomic mass is 16.5. The van der Waals surface area contributed by atoms with Gasteiger partial charge in [0, 0.05) is 0 Å². The Morgan fingerprint density at radius 1 is 1.20 bits per heavy atom. The first-order valence-electron chi connectivity index (χ1n) is 6.35. The molecule has 0 aromatic heterocycles. The number of benzene rings is 2. The highest BCUT2D eigenvalue weighted by molar-refractivity contribution is 5.77. The minimum absolute atomic E-state index is 0.00481. The van der Waals surface area contributed by atoms with Crippen LogP contribution in [-0.4, -0.2) is 12.4 Å². The lowest BCUT2D eigenvalue weighted by Gasteiger charge is -2.10. The zero-order valence-corrected chi connectivity index (χ0v) is 11.3. The second kappa shape index (κ2) is 6.53. The van der Waals surface area contributed by atoms with Crippen LogP contribution in [0.4, 0.5) is 5.69 Å². The van der Waals surface area contributed by atoms with Gasteiger partial charge in [0.05, 0.1) is 6.57 Å². The topological polar surface area (TPSA) is 30.7 Å². The van der Waals surface area contributed by atoms with Gasteiger partial charge in [-0.1, -0.05) is 48.0 Å². The molecular weight excluding hydrogens is 250 g/mol. The monoisotopic (exact) mass is 265 g/mol. The van der Waals surface area contributed by atoms with Gasteiger partial charge in [-0.15, -0.1) is 0 Å². The molecule has 0 atom stereocenters. The van der Waals surface area contributed by atoms with Crippen molar-refractivity contribution < 1.29 is 9.53 Å². The van der Waals surface area contributed by atoms with Gasteiger partial charge in [0.25, 0.3) is 0 Å². The molecule has 0 unspecified atom stereocenters. The van der Waals surface area contributed by atoms with E-state index < -0.39 is 0 Å². The molecule has 2 aromatic carbocycles. The number of carbonyl (C=O) groups excluding carboxylic acids is 1. The number of hydrogen-bond acceptors (Lipinski definition) is 2. The molecule has 3 nitrogen and oxygen atoms in total. The lowest BCUT2D eigenvalue weighted by atomic mass is 10.0. The van der Waals surface area contributed by atoms with Crippen molar-refractivity contribution in [1.82, 2.24) is 0 Å². The molecule has 2 aromatic rings. The van der Waals surface area contributed by atoms with E-state index in [9.17, 15) is 4.79 Å². The summed E-state index contributed by atoms with van der Waals surface area (Å²) in [6.45, 7) is 8.62. The number of nitrogens with zero attached hydrogens (tertiary/aromatic N) is 1. The Hall–Kier alpha value is -2.60. The molecular formula is C17H15NO2. The van der Waals surface area contributed by atoms with Crippen molar-refractivity contribution in [3.63, 3.8) is 0 Å². The third-order valence-electron chi connectivity index (χ3n) is 2.84. The second-order valence-corrected chi connectivity index (χ2v) is 4.56. The SMILES string of the molecule is [C-]#[N+]c1cccc(Cc2ccccc2OCC(C)=O)c1. The maximum atomic E-state index is 11.0. The van der Waals surface area contributed by atoms with Gasteiger partial charge in [-0.25, -0.2) is 4.85 Å². The largest absolute Gasteiger partial charge is 0.486 e. The molecule has 0 radical (unpaired) electrons. The Morgan fingerprint density at radius 2 is 2.00 bits per heavy atom. The quantitative estimate of drug-likeness (QED) is 0.770. The molecule has 20 heavy (non-hydrogen) atoms. The number of hydrogen-bond donors (Lipinski definition) is 0. The van der Waals surface area contributed by atoms with E-state index in [0.29, 0.717) is 12.1 Å². The standard InChI is InChI=1S/C17H15NO2/c1-13(19)12-20-17-9-4-3-7-15(17)10-14-6-5-8-16(11-14)18-2/h3-9,11H,10,12H2,1H3. The Kier molecular flexibility index (Phi) is 4.52. The van der Waals surface area contributed by atoms with E-state index in [2.05, 4.69) is 4.85 Å². The molecule has 2 rings (SSSR count). The third kappa shape index (κ3) is 3.69. The molecule has 0 amide bonds. The van der Waals surface area contributed by atoms with E-state index in [4.69, 9.17) is 11.3 Å². The summed E-state index contributed by atoms with van der Waals surface area (Å²) in [5.74, 6) is 0.714. The van der Waals surface area contributed by atoms with Crippen molar-refractivity contribution in [3.05, 3.63) is 71.1 Å². The molecule has 0 fully saturated rings. The number of ether oxygens (including phenoxy) is 1. The number of ketones is 1. The van der Waals surface area contributed by atoms with Crippen molar-refractivity contribution in [2.45, 2.75) is 13.3 Å². The van der Waals surface area contributed by atoms with Crippen molar-refractivity contribution >= 4 is 11.5 Å².